The first-order valence-electron chi connectivity index (χ1n) is 7.36. The summed E-state index contributed by atoms with van der Waals surface area (Å²) in [6.07, 6.45) is 2.87. The number of nitrogens with one attached hydrogen (secondary N) is 2. The van der Waals surface area contributed by atoms with Gasteiger partial charge >= 0.3 is 12.0 Å². The number of aryl methyl sites for hydroxylation is 1. The Bertz CT molecular complexity index is 474. The van der Waals surface area contributed by atoms with Crippen LogP contribution >= 0.6 is 0 Å². The average molecular weight is 292 g/mol. The number of carbonyl (C=O) groups is 2. The van der Waals surface area contributed by atoms with Crippen molar-refractivity contribution in [1.82, 2.24) is 10.6 Å². The van der Waals surface area contributed by atoms with Gasteiger partial charge in [-0.2, -0.15) is 0 Å². The summed E-state index contributed by atoms with van der Waals surface area (Å²) in [6.45, 7) is 4.50. The lowest BCUT2D eigenvalue weighted by atomic mass is 10.1. The van der Waals surface area contributed by atoms with Crippen molar-refractivity contribution in [2.24, 2.45) is 0 Å². The van der Waals surface area contributed by atoms with Crippen LogP contribution in [0.2, 0.25) is 0 Å². The van der Waals surface area contributed by atoms with Gasteiger partial charge < -0.3 is 15.7 Å². The largest absolute Gasteiger partial charge is 0.480 e. The number of aliphatic carboxylic acids is 1. The summed E-state index contributed by atoms with van der Waals surface area (Å²) in [4.78, 5) is 22.7. The lowest BCUT2D eigenvalue weighted by molar-refractivity contribution is -0.139. The molecule has 21 heavy (non-hydrogen) atoms. The molecule has 1 aromatic carbocycles. The van der Waals surface area contributed by atoms with E-state index in [2.05, 4.69) is 10.6 Å². The highest BCUT2D eigenvalue weighted by atomic mass is 16.4. The lowest BCUT2D eigenvalue weighted by Crippen LogP contribution is -2.46. The van der Waals surface area contributed by atoms with E-state index in [1.54, 1.807) is 0 Å². The highest BCUT2D eigenvalue weighted by Crippen LogP contribution is 2.06. The van der Waals surface area contributed by atoms with Crippen LogP contribution in [-0.4, -0.2) is 29.7 Å². The second-order valence-electron chi connectivity index (χ2n) is 5.11. The number of carboxylic acid groups (broad SMARTS) is 1. The lowest BCUT2D eigenvalue weighted by Gasteiger charge is -2.15. The zero-order chi connectivity index (χ0) is 15.7. The molecule has 0 spiro atoms. The molecule has 0 unspecified atom stereocenters. The predicted octanol–water partition coefficient (Wildman–Crippen LogP) is 2.48. The number of urea groups is 1. The maximum atomic E-state index is 11.7. The van der Waals surface area contributed by atoms with Crippen LogP contribution in [0.4, 0.5) is 4.79 Å². The Morgan fingerprint density at radius 2 is 2.00 bits per heavy atom. The van der Waals surface area contributed by atoms with Crippen molar-refractivity contribution in [3.63, 3.8) is 0 Å². The number of rotatable bonds is 8. The number of hydrogen-bond acceptors (Lipinski definition) is 2. The van der Waals surface area contributed by atoms with Gasteiger partial charge in [-0.1, -0.05) is 44.0 Å². The highest BCUT2D eigenvalue weighted by Gasteiger charge is 2.18. The summed E-state index contributed by atoms with van der Waals surface area (Å²) in [5.74, 6) is -0.988. The molecular formula is C16H24N2O3. The number of unbranched alkanes of at least 4 members (excludes halogenated alkanes) is 1. The first kappa shape index (κ1) is 17.0. The molecule has 1 aromatic rings. The van der Waals surface area contributed by atoms with Crippen LogP contribution in [0.25, 0.3) is 0 Å². The Morgan fingerprint density at radius 3 is 2.62 bits per heavy atom. The van der Waals surface area contributed by atoms with Crippen LogP contribution in [0, 0.1) is 6.92 Å². The van der Waals surface area contributed by atoms with E-state index in [0.717, 1.165) is 19.3 Å². The first-order valence-corrected chi connectivity index (χ1v) is 7.36. The van der Waals surface area contributed by atoms with E-state index >= 15 is 0 Å². The fourth-order valence-electron chi connectivity index (χ4n) is 2.08. The second-order valence-corrected chi connectivity index (χ2v) is 5.11. The Kier molecular flexibility index (Phi) is 7.29. The minimum Gasteiger partial charge on any atom is -0.480 e. The molecule has 0 aliphatic carbocycles. The molecule has 0 aliphatic heterocycles. The van der Waals surface area contributed by atoms with Crippen molar-refractivity contribution >= 4 is 12.0 Å². The summed E-state index contributed by atoms with van der Waals surface area (Å²) in [7, 11) is 0. The summed E-state index contributed by atoms with van der Waals surface area (Å²) < 4.78 is 0. The summed E-state index contributed by atoms with van der Waals surface area (Å²) in [5, 5.41) is 14.3. The van der Waals surface area contributed by atoms with Gasteiger partial charge in [-0.25, -0.2) is 9.59 Å². The molecular weight excluding hydrogens is 268 g/mol. The van der Waals surface area contributed by atoms with Crippen molar-refractivity contribution in [1.29, 1.82) is 0 Å². The molecule has 0 saturated carbocycles. The van der Waals surface area contributed by atoms with Crippen LogP contribution < -0.4 is 10.6 Å². The van der Waals surface area contributed by atoms with Crippen LogP contribution in [0.15, 0.2) is 24.3 Å². The maximum absolute atomic E-state index is 11.7. The highest BCUT2D eigenvalue weighted by molar-refractivity contribution is 5.82. The molecule has 0 aliphatic rings. The van der Waals surface area contributed by atoms with Crippen molar-refractivity contribution in [2.45, 2.75) is 45.6 Å². The van der Waals surface area contributed by atoms with Gasteiger partial charge in [0.15, 0.2) is 0 Å². The van der Waals surface area contributed by atoms with Gasteiger partial charge in [0.25, 0.3) is 0 Å². The monoisotopic (exact) mass is 292 g/mol. The van der Waals surface area contributed by atoms with Gasteiger partial charge in [-0.05, 0) is 30.9 Å². The molecule has 3 N–H and O–H groups in total. The van der Waals surface area contributed by atoms with Gasteiger partial charge in [0.1, 0.15) is 6.04 Å². The number of hydrogen-bond donors (Lipinski definition) is 3. The molecule has 0 aromatic heterocycles. The Balaban J connectivity index is 2.36. The van der Waals surface area contributed by atoms with Crippen molar-refractivity contribution < 1.29 is 14.7 Å². The van der Waals surface area contributed by atoms with Crippen LogP contribution in [0.5, 0.6) is 0 Å². The van der Waals surface area contributed by atoms with Gasteiger partial charge in [0, 0.05) is 6.54 Å². The zero-order valence-electron chi connectivity index (χ0n) is 12.7. The minimum atomic E-state index is -0.988. The topological polar surface area (TPSA) is 78.4 Å². The molecule has 5 nitrogen and oxygen atoms in total. The maximum Gasteiger partial charge on any atom is 0.326 e. The second kappa shape index (κ2) is 9.00. The van der Waals surface area contributed by atoms with E-state index in [1.807, 2.05) is 38.1 Å². The Labute approximate surface area is 125 Å². The number of carboxylic acids is 1. The molecule has 0 heterocycles. The van der Waals surface area contributed by atoms with E-state index in [4.69, 9.17) is 5.11 Å². The van der Waals surface area contributed by atoms with Crippen LogP contribution in [0.3, 0.4) is 0 Å². The van der Waals surface area contributed by atoms with E-state index in [9.17, 15) is 9.59 Å². The molecule has 0 fully saturated rings. The Morgan fingerprint density at radius 1 is 1.29 bits per heavy atom. The van der Waals surface area contributed by atoms with E-state index in [1.165, 1.54) is 11.1 Å². The molecule has 1 atom stereocenters. The number of amides is 2. The smallest absolute Gasteiger partial charge is 0.326 e. The van der Waals surface area contributed by atoms with Gasteiger partial charge in [0.05, 0.1) is 0 Å². The third kappa shape index (κ3) is 6.29. The average Bonchev–Trinajstić information content (AvgIpc) is 2.45. The number of carbonyl (C=O) groups excluding carboxylic acids is 1. The van der Waals surface area contributed by atoms with Gasteiger partial charge in [0.2, 0.25) is 0 Å². The van der Waals surface area contributed by atoms with Crippen LogP contribution in [0.1, 0.15) is 37.3 Å². The van der Waals surface area contributed by atoms with E-state index in [-0.39, 0.29) is 0 Å². The first-order chi connectivity index (χ1) is 10.0. The van der Waals surface area contributed by atoms with Crippen molar-refractivity contribution in [2.75, 3.05) is 6.54 Å². The quantitative estimate of drug-likeness (QED) is 0.688. The normalized spacial score (nSPS) is 11.7. The summed E-state index contributed by atoms with van der Waals surface area (Å²) in [5.41, 5.74) is 2.37. The summed E-state index contributed by atoms with van der Waals surface area (Å²) >= 11 is 0. The van der Waals surface area contributed by atoms with Gasteiger partial charge in [-0.3, -0.25) is 0 Å². The number of benzene rings is 1. The minimum absolute atomic E-state index is 0.424. The van der Waals surface area contributed by atoms with E-state index in [0.29, 0.717) is 13.0 Å². The van der Waals surface area contributed by atoms with E-state index < -0.39 is 18.0 Å². The fraction of sp³-hybridized carbons (Fsp3) is 0.500. The standard InChI is InChI=1S/C16H24N2O3/c1-3-4-9-14(15(19)20)18-16(21)17-11-10-13-8-6-5-7-12(13)2/h5-8,14H,3-4,9-11H2,1-2H3,(H,19,20)(H2,17,18,21)/t14-/m0/s1. The molecule has 2 amide bonds. The molecule has 0 bridgehead atoms. The summed E-state index contributed by atoms with van der Waals surface area (Å²) in [6, 6.07) is 6.75. The molecule has 0 radical (unpaired) electrons. The fourth-order valence-corrected chi connectivity index (χ4v) is 2.08. The van der Waals surface area contributed by atoms with Crippen LogP contribution in [-0.2, 0) is 11.2 Å². The molecule has 1 rings (SSSR count). The third-order valence-electron chi connectivity index (χ3n) is 3.39. The third-order valence-corrected chi connectivity index (χ3v) is 3.39. The molecule has 0 saturated heterocycles. The SMILES string of the molecule is CCCC[C@H](NC(=O)NCCc1ccccc1C)C(=O)O. The molecule has 5 heteroatoms. The Hall–Kier alpha value is -2.04. The van der Waals surface area contributed by atoms with Crippen molar-refractivity contribution in [3.8, 4) is 0 Å². The zero-order valence-corrected chi connectivity index (χ0v) is 12.7. The van der Waals surface area contributed by atoms with Crippen molar-refractivity contribution in [3.05, 3.63) is 35.4 Å². The van der Waals surface area contributed by atoms with Gasteiger partial charge in [-0.15, -0.1) is 0 Å². The predicted molar refractivity (Wildman–Crippen MR) is 82.4 cm³/mol. The molecule has 116 valence electrons.